The summed E-state index contributed by atoms with van der Waals surface area (Å²) in [5.74, 6) is -0.569. The van der Waals surface area contributed by atoms with E-state index in [1.54, 1.807) is 22.1 Å². The Hall–Kier alpha value is -4.61. The number of aromatic nitrogens is 4. The molecule has 200 valence electrons. The number of H-pyrrole nitrogens is 1. The van der Waals surface area contributed by atoms with E-state index in [1.807, 2.05) is 61.5 Å². The zero-order valence-corrected chi connectivity index (χ0v) is 22.9. The Balaban J connectivity index is 1.38. The van der Waals surface area contributed by atoms with Gasteiger partial charge in [-0.05, 0) is 40.6 Å². The van der Waals surface area contributed by atoms with Gasteiger partial charge in [-0.25, -0.2) is 9.59 Å². The average Bonchev–Trinajstić information content (AvgIpc) is 3.75. The van der Waals surface area contributed by atoms with Crippen LogP contribution in [0.1, 0.15) is 27.0 Å². The first-order valence-corrected chi connectivity index (χ1v) is 14.2. The van der Waals surface area contributed by atoms with E-state index in [1.165, 1.54) is 22.7 Å². The van der Waals surface area contributed by atoms with Crippen molar-refractivity contribution in [1.82, 2.24) is 19.3 Å². The number of aryl methyl sites for hydroxylation is 1. The summed E-state index contributed by atoms with van der Waals surface area (Å²) in [6.45, 7) is 1.91. The molecule has 1 N–H and O–H groups in total. The van der Waals surface area contributed by atoms with Gasteiger partial charge in [-0.15, -0.1) is 22.7 Å². The van der Waals surface area contributed by atoms with Crippen LogP contribution in [0.25, 0.3) is 32.7 Å². The normalized spacial score (nSPS) is 11.3. The summed E-state index contributed by atoms with van der Waals surface area (Å²) in [6, 6.07) is 20.5. The van der Waals surface area contributed by atoms with E-state index in [2.05, 4.69) is 14.7 Å². The predicted octanol–water partition coefficient (Wildman–Crippen LogP) is 4.79. The van der Waals surface area contributed by atoms with Crippen LogP contribution in [-0.2, 0) is 19.5 Å². The molecule has 0 amide bonds. The first-order valence-electron chi connectivity index (χ1n) is 12.5. The van der Waals surface area contributed by atoms with Crippen molar-refractivity contribution in [3.05, 3.63) is 119 Å². The lowest BCUT2D eigenvalue weighted by Gasteiger charge is -2.12. The molecule has 0 saturated carbocycles. The van der Waals surface area contributed by atoms with Gasteiger partial charge in [0.15, 0.2) is 11.6 Å². The number of rotatable bonds is 8. The highest BCUT2D eigenvalue weighted by Gasteiger charge is 2.19. The minimum Gasteiger partial charge on any atom is -0.296 e. The second kappa shape index (κ2) is 10.5. The Bertz CT molecular complexity index is 2030. The maximum atomic E-state index is 13.6. The molecule has 0 aliphatic carbocycles. The molecule has 0 saturated heterocycles. The molecule has 0 fully saturated rings. The molecule has 0 aliphatic heterocycles. The van der Waals surface area contributed by atoms with Crippen LogP contribution in [0.3, 0.4) is 0 Å². The van der Waals surface area contributed by atoms with Gasteiger partial charge in [0.1, 0.15) is 4.83 Å². The molecule has 2 aromatic carbocycles. The first kappa shape index (κ1) is 25.7. The molecule has 9 nitrogen and oxygen atoms in total. The Morgan fingerprint density at radius 1 is 0.975 bits per heavy atom. The van der Waals surface area contributed by atoms with E-state index in [0.29, 0.717) is 26.5 Å². The van der Waals surface area contributed by atoms with Gasteiger partial charge in [-0.3, -0.25) is 28.2 Å². The van der Waals surface area contributed by atoms with E-state index < -0.39 is 17.0 Å². The van der Waals surface area contributed by atoms with Crippen LogP contribution >= 0.6 is 22.7 Å². The largest absolute Gasteiger partial charge is 0.439 e. The van der Waals surface area contributed by atoms with E-state index in [4.69, 9.17) is 0 Å². The van der Waals surface area contributed by atoms with Crippen LogP contribution in [-0.4, -0.2) is 25.1 Å². The van der Waals surface area contributed by atoms with Crippen LogP contribution in [0.4, 0.5) is 0 Å². The lowest BCUT2D eigenvalue weighted by molar-refractivity contribution is 0.0973. The summed E-state index contributed by atoms with van der Waals surface area (Å²) in [5.41, 5.74) is 2.33. The lowest BCUT2D eigenvalue weighted by Crippen LogP contribution is -2.41. The van der Waals surface area contributed by atoms with Crippen molar-refractivity contribution in [2.75, 3.05) is 0 Å². The monoisotopic (exact) mass is 570 g/mol. The van der Waals surface area contributed by atoms with Crippen molar-refractivity contribution in [1.29, 1.82) is 0 Å². The zero-order chi connectivity index (χ0) is 27.8. The number of ketones is 1. The Kier molecular flexibility index (Phi) is 6.74. The van der Waals surface area contributed by atoms with Crippen molar-refractivity contribution in [3.63, 3.8) is 0 Å². The Morgan fingerprint density at radius 3 is 2.42 bits per heavy atom. The highest BCUT2D eigenvalue weighted by atomic mass is 32.1. The third kappa shape index (κ3) is 4.69. The molecule has 0 unspecified atom stereocenters. The maximum absolute atomic E-state index is 13.6. The summed E-state index contributed by atoms with van der Waals surface area (Å²) in [6.07, 6.45) is 0.728. The maximum Gasteiger partial charge on any atom is 0.439 e. The molecular weight excluding hydrogens is 548 g/mol. The van der Waals surface area contributed by atoms with Crippen molar-refractivity contribution in [2.24, 2.45) is 0 Å². The number of carbonyl (C=O) groups is 1. The predicted molar refractivity (Wildman–Crippen MR) is 155 cm³/mol. The third-order valence-electron chi connectivity index (χ3n) is 6.62. The number of fused-ring (bicyclic) bond motifs is 1. The highest BCUT2D eigenvalue weighted by molar-refractivity contribution is 7.18. The van der Waals surface area contributed by atoms with E-state index in [9.17, 15) is 19.2 Å². The fraction of sp³-hybridized carbons (Fsp3) is 0.138. The molecule has 6 rings (SSSR count). The average molecular weight is 571 g/mol. The molecule has 40 heavy (non-hydrogen) atoms. The Labute approximate surface area is 234 Å². The van der Waals surface area contributed by atoms with Gasteiger partial charge in [-0.1, -0.05) is 66.7 Å². The fourth-order valence-corrected chi connectivity index (χ4v) is 6.36. The minimum absolute atomic E-state index is 0.227. The summed E-state index contributed by atoms with van der Waals surface area (Å²) in [7, 11) is 0. The third-order valence-corrected chi connectivity index (χ3v) is 8.83. The second-order valence-electron chi connectivity index (χ2n) is 9.13. The van der Waals surface area contributed by atoms with Gasteiger partial charge in [0, 0.05) is 10.4 Å². The van der Waals surface area contributed by atoms with Crippen molar-refractivity contribution in [3.8, 4) is 22.5 Å². The van der Waals surface area contributed by atoms with Gasteiger partial charge < -0.3 is 0 Å². The summed E-state index contributed by atoms with van der Waals surface area (Å²) < 4.78 is 7.29. The summed E-state index contributed by atoms with van der Waals surface area (Å²) in [4.78, 5) is 55.9. The summed E-state index contributed by atoms with van der Waals surface area (Å²) >= 11 is 2.70. The van der Waals surface area contributed by atoms with E-state index >= 15 is 0 Å². The molecule has 0 radical (unpaired) electrons. The van der Waals surface area contributed by atoms with Crippen LogP contribution in [0, 0.1) is 0 Å². The molecule has 0 atom stereocenters. The standard InChI is InChI=1S/C29H22N4O5S2/c1-2-19-14-22-26(35)32(16-23(34)24-8-5-13-39-24)29(37)33(27(22)40-19)15-17-9-11-18(12-10-17)20-6-3-4-7-21(20)25-30-28(36)38-31-25/h3-14H,2,15-16H2,1H3,(H,30,31,36). The van der Waals surface area contributed by atoms with Crippen LogP contribution in [0.15, 0.2) is 91.0 Å². The quantitative estimate of drug-likeness (QED) is 0.263. The van der Waals surface area contributed by atoms with Crippen molar-refractivity contribution in [2.45, 2.75) is 26.4 Å². The topological polar surface area (TPSA) is 120 Å². The number of carbonyl (C=O) groups excluding carboxylic acids is 1. The van der Waals surface area contributed by atoms with Gasteiger partial charge >= 0.3 is 11.4 Å². The number of nitrogens with zero attached hydrogens (tertiary/aromatic N) is 3. The molecule has 4 heterocycles. The van der Waals surface area contributed by atoms with Crippen molar-refractivity contribution >= 4 is 38.7 Å². The molecule has 11 heteroatoms. The molecule has 4 aromatic heterocycles. The SMILES string of the molecule is CCc1cc2c(=O)n(CC(=O)c3cccs3)c(=O)n(Cc3ccc(-c4ccccc4-c4noc(=O)[nH]4)cc3)c2s1. The van der Waals surface area contributed by atoms with Gasteiger partial charge in [0.2, 0.25) is 0 Å². The molecule has 0 aliphatic rings. The van der Waals surface area contributed by atoms with Gasteiger partial charge in [0.25, 0.3) is 5.56 Å². The van der Waals surface area contributed by atoms with Gasteiger partial charge in [0.05, 0.1) is 23.4 Å². The number of Topliss-reactive ketones (excluding diaryl/α,β-unsaturated/α-hetero) is 1. The number of nitrogens with one attached hydrogen (secondary N) is 1. The zero-order valence-electron chi connectivity index (χ0n) is 21.2. The van der Waals surface area contributed by atoms with Crippen molar-refractivity contribution < 1.29 is 9.32 Å². The van der Waals surface area contributed by atoms with Crippen LogP contribution < -0.4 is 17.0 Å². The number of thiophene rings is 2. The second-order valence-corrected chi connectivity index (χ2v) is 11.2. The smallest absolute Gasteiger partial charge is 0.296 e. The van der Waals surface area contributed by atoms with E-state index in [-0.39, 0.29) is 18.9 Å². The van der Waals surface area contributed by atoms with Gasteiger partial charge in [-0.2, -0.15) is 0 Å². The highest BCUT2D eigenvalue weighted by Crippen LogP contribution is 2.30. The number of benzene rings is 2. The molecule has 0 bridgehead atoms. The molecule has 6 aromatic rings. The fourth-order valence-electron chi connectivity index (χ4n) is 4.62. The number of hydrogen-bond acceptors (Lipinski definition) is 8. The minimum atomic E-state index is -0.629. The summed E-state index contributed by atoms with van der Waals surface area (Å²) in [5, 5.41) is 6.04. The van der Waals surface area contributed by atoms with Crippen LogP contribution in [0.5, 0.6) is 0 Å². The first-order chi connectivity index (χ1) is 19.4. The van der Waals surface area contributed by atoms with Crippen LogP contribution in [0.2, 0.25) is 0 Å². The number of aromatic amines is 1. The molecular formula is C29H22N4O5S2. The van der Waals surface area contributed by atoms with E-state index in [0.717, 1.165) is 32.6 Å². The Morgan fingerprint density at radius 2 is 1.75 bits per heavy atom. The number of hydrogen-bond donors (Lipinski definition) is 1. The molecule has 0 spiro atoms. The lowest BCUT2D eigenvalue weighted by atomic mass is 9.98.